The van der Waals surface area contributed by atoms with Crippen LogP contribution in [-0.4, -0.2) is 23.5 Å². The Bertz CT molecular complexity index is 197. The van der Waals surface area contributed by atoms with Crippen molar-refractivity contribution in [2.75, 3.05) is 6.54 Å². The second kappa shape index (κ2) is 2.71. The molecule has 0 radical (unpaired) electrons. The first-order chi connectivity index (χ1) is 5.42. The van der Waals surface area contributed by atoms with Gasteiger partial charge in [0, 0.05) is 12.1 Å². The van der Waals surface area contributed by atoms with Crippen LogP contribution in [-0.2, 0) is 0 Å². The Morgan fingerprint density at radius 2 is 2.00 bits per heavy atom. The van der Waals surface area contributed by atoms with Gasteiger partial charge in [-0.2, -0.15) is 0 Å². The maximum absolute atomic E-state index is 5.29. The highest BCUT2D eigenvalue weighted by molar-refractivity contribution is 5.14. The van der Waals surface area contributed by atoms with Gasteiger partial charge < -0.3 is 0 Å². The van der Waals surface area contributed by atoms with Crippen LogP contribution in [0.5, 0.6) is 0 Å². The summed E-state index contributed by atoms with van der Waals surface area (Å²) in [5.74, 6) is 2.72. The number of piperidine rings is 1. The molecule has 0 aromatic carbocycles. The van der Waals surface area contributed by atoms with Crippen molar-refractivity contribution in [3.63, 3.8) is 0 Å². The molecule has 11 heavy (non-hydrogen) atoms. The van der Waals surface area contributed by atoms with Crippen LogP contribution in [0, 0.1) is 12.3 Å². The van der Waals surface area contributed by atoms with Gasteiger partial charge >= 0.3 is 0 Å². The number of terminal acetylenes is 1. The lowest BCUT2D eigenvalue weighted by Crippen LogP contribution is -2.40. The van der Waals surface area contributed by atoms with Gasteiger partial charge in [0.25, 0.3) is 0 Å². The summed E-state index contributed by atoms with van der Waals surface area (Å²) < 4.78 is 0. The maximum Gasteiger partial charge on any atom is 0.0609 e. The highest BCUT2D eigenvalue weighted by atomic mass is 15.2. The molecule has 58 valence electrons. The first kappa shape index (κ1) is 6.94. The second-order valence-corrected chi connectivity index (χ2v) is 3.33. The molecule has 1 heteroatoms. The molecule has 2 bridgehead atoms. The minimum atomic E-state index is 0.657. The van der Waals surface area contributed by atoms with Crippen LogP contribution >= 0.6 is 0 Å². The van der Waals surface area contributed by atoms with Gasteiger partial charge in [-0.25, -0.2) is 0 Å². The predicted molar refractivity (Wildman–Crippen MR) is 46.1 cm³/mol. The molecule has 0 N–H and O–H groups in total. The van der Waals surface area contributed by atoms with Crippen molar-refractivity contribution in [3.05, 3.63) is 12.2 Å². The minimum absolute atomic E-state index is 0.657. The second-order valence-electron chi connectivity index (χ2n) is 3.33. The highest BCUT2D eigenvalue weighted by Crippen LogP contribution is 2.29. The van der Waals surface area contributed by atoms with E-state index in [1.807, 2.05) is 0 Å². The highest BCUT2D eigenvalue weighted by Gasteiger charge is 2.30. The Hall–Kier alpha value is -0.740. The molecule has 2 rings (SSSR count). The van der Waals surface area contributed by atoms with E-state index in [2.05, 4.69) is 23.0 Å². The Kier molecular flexibility index (Phi) is 1.71. The Balaban J connectivity index is 2.08. The summed E-state index contributed by atoms with van der Waals surface area (Å²) in [5.41, 5.74) is 0. The van der Waals surface area contributed by atoms with Gasteiger partial charge in [0.15, 0.2) is 0 Å². The van der Waals surface area contributed by atoms with Crippen LogP contribution in [0.1, 0.15) is 19.3 Å². The summed E-state index contributed by atoms with van der Waals surface area (Å²) in [6, 6.07) is 1.31. The monoisotopic (exact) mass is 147 g/mol. The lowest BCUT2D eigenvalue weighted by Gasteiger charge is -2.33. The molecule has 2 atom stereocenters. The van der Waals surface area contributed by atoms with Crippen molar-refractivity contribution in [1.29, 1.82) is 0 Å². The SMILES string of the molecule is C#CCN1C2C=CC1CCC2. The lowest BCUT2D eigenvalue weighted by atomic mass is 10.0. The smallest absolute Gasteiger partial charge is 0.0609 e. The third kappa shape index (κ3) is 1.08. The van der Waals surface area contributed by atoms with Crippen LogP contribution in [0.4, 0.5) is 0 Å². The van der Waals surface area contributed by atoms with Crippen molar-refractivity contribution in [3.8, 4) is 12.3 Å². The number of nitrogens with zero attached hydrogens (tertiary/aromatic N) is 1. The zero-order valence-corrected chi connectivity index (χ0v) is 6.66. The van der Waals surface area contributed by atoms with Crippen LogP contribution in [0.3, 0.4) is 0 Å². The summed E-state index contributed by atoms with van der Waals surface area (Å²) in [6.07, 6.45) is 13.9. The first-order valence-electron chi connectivity index (χ1n) is 4.29. The van der Waals surface area contributed by atoms with Gasteiger partial charge in [-0.05, 0) is 19.3 Å². The fourth-order valence-corrected chi connectivity index (χ4v) is 2.12. The molecule has 2 aliphatic rings. The average Bonchev–Trinajstić information content (AvgIpc) is 2.30. The molecule has 0 saturated carbocycles. The minimum Gasteiger partial charge on any atom is -0.279 e. The van der Waals surface area contributed by atoms with Crippen molar-refractivity contribution in [1.82, 2.24) is 4.90 Å². The summed E-state index contributed by atoms with van der Waals surface area (Å²) >= 11 is 0. The number of hydrogen-bond acceptors (Lipinski definition) is 1. The summed E-state index contributed by atoms with van der Waals surface area (Å²) in [5, 5.41) is 0. The van der Waals surface area contributed by atoms with Gasteiger partial charge in [-0.3, -0.25) is 4.90 Å². The molecule has 0 aliphatic carbocycles. The van der Waals surface area contributed by atoms with Crippen molar-refractivity contribution in [2.24, 2.45) is 0 Å². The van der Waals surface area contributed by atoms with Crippen LogP contribution in [0.2, 0.25) is 0 Å². The fraction of sp³-hybridized carbons (Fsp3) is 0.600. The average molecular weight is 147 g/mol. The lowest BCUT2D eigenvalue weighted by molar-refractivity contribution is 0.177. The largest absolute Gasteiger partial charge is 0.279 e. The maximum atomic E-state index is 5.29. The predicted octanol–water partition coefficient (Wildman–Crippen LogP) is 1.41. The van der Waals surface area contributed by atoms with Crippen molar-refractivity contribution in [2.45, 2.75) is 31.3 Å². The van der Waals surface area contributed by atoms with Gasteiger partial charge in [0.1, 0.15) is 0 Å². The molecule has 0 spiro atoms. The van der Waals surface area contributed by atoms with Gasteiger partial charge in [0.05, 0.1) is 6.54 Å². The van der Waals surface area contributed by atoms with E-state index in [0.29, 0.717) is 12.1 Å². The summed E-state index contributed by atoms with van der Waals surface area (Å²) in [4.78, 5) is 2.42. The molecule has 2 heterocycles. The molecule has 1 fully saturated rings. The van der Waals surface area contributed by atoms with E-state index >= 15 is 0 Å². The number of hydrogen-bond donors (Lipinski definition) is 0. The standard InChI is InChI=1S/C10H13N/c1-2-8-11-9-4-3-5-10(11)7-6-9/h1,6-7,9-10H,3-5,8H2. The molecular weight excluding hydrogens is 134 g/mol. The van der Waals surface area contributed by atoms with Crippen LogP contribution in [0.25, 0.3) is 0 Å². The van der Waals surface area contributed by atoms with Crippen LogP contribution in [0.15, 0.2) is 12.2 Å². The normalized spacial score (nSPS) is 35.5. The Morgan fingerprint density at radius 3 is 2.55 bits per heavy atom. The van der Waals surface area contributed by atoms with E-state index in [0.717, 1.165) is 6.54 Å². The molecular formula is C10H13N. The molecule has 1 nitrogen and oxygen atoms in total. The first-order valence-corrected chi connectivity index (χ1v) is 4.29. The summed E-state index contributed by atoms with van der Waals surface area (Å²) in [7, 11) is 0. The van der Waals surface area contributed by atoms with E-state index in [1.54, 1.807) is 0 Å². The molecule has 0 aromatic rings. The van der Waals surface area contributed by atoms with Crippen molar-refractivity contribution < 1.29 is 0 Å². The molecule has 1 saturated heterocycles. The Labute approximate surface area is 68.1 Å². The zero-order valence-electron chi connectivity index (χ0n) is 6.66. The van der Waals surface area contributed by atoms with Gasteiger partial charge in [0.2, 0.25) is 0 Å². The third-order valence-corrected chi connectivity index (χ3v) is 2.68. The molecule has 0 aromatic heterocycles. The fourth-order valence-electron chi connectivity index (χ4n) is 2.12. The van der Waals surface area contributed by atoms with Gasteiger partial charge in [-0.1, -0.05) is 18.1 Å². The Morgan fingerprint density at radius 1 is 1.36 bits per heavy atom. The molecule has 0 amide bonds. The van der Waals surface area contributed by atoms with E-state index in [-0.39, 0.29) is 0 Å². The van der Waals surface area contributed by atoms with Crippen molar-refractivity contribution >= 4 is 0 Å². The van der Waals surface area contributed by atoms with E-state index in [1.165, 1.54) is 19.3 Å². The molecule has 2 aliphatic heterocycles. The van der Waals surface area contributed by atoms with E-state index < -0.39 is 0 Å². The van der Waals surface area contributed by atoms with Crippen LogP contribution < -0.4 is 0 Å². The quantitative estimate of drug-likeness (QED) is 0.400. The van der Waals surface area contributed by atoms with Gasteiger partial charge in [-0.15, -0.1) is 6.42 Å². The number of fused-ring (bicyclic) bond motifs is 2. The molecule has 2 unspecified atom stereocenters. The third-order valence-electron chi connectivity index (χ3n) is 2.68. The number of rotatable bonds is 1. The van der Waals surface area contributed by atoms with E-state index in [4.69, 9.17) is 6.42 Å². The zero-order chi connectivity index (χ0) is 7.68. The summed E-state index contributed by atoms with van der Waals surface area (Å²) in [6.45, 7) is 0.822. The van der Waals surface area contributed by atoms with E-state index in [9.17, 15) is 0 Å². The topological polar surface area (TPSA) is 3.24 Å².